The van der Waals surface area contributed by atoms with Gasteiger partial charge in [0, 0.05) is 0 Å². The zero-order valence-electron chi connectivity index (χ0n) is 13.3. The van der Waals surface area contributed by atoms with Gasteiger partial charge in [0.15, 0.2) is 0 Å². The Morgan fingerprint density at radius 3 is 1.58 bits per heavy atom. The molecule has 0 saturated carbocycles. The van der Waals surface area contributed by atoms with Gasteiger partial charge in [-0.3, -0.25) is 0 Å². The molecule has 5 aliphatic rings. The first-order valence-electron chi connectivity index (χ1n) is 7.23. The SMILES string of the molecule is CSC1=C(SC)[Se]C(=C2[Se]C3=C(SC(=C4SC5=C(SCCS5)S4)S3)[Se]2)[Se]1. The van der Waals surface area contributed by atoms with E-state index in [1.807, 2.05) is 30.3 Å². The molecule has 0 nitrogen and oxygen atoms in total. The molecule has 5 heterocycles. The van der Waals surface area contributed by atoms with Crippen LogP contribution in [0, 0.1) is 0 Å². The minimum absolute atomic E-state index is 0.635. The fourth-order valence-electron chi connectivity index (χ4n) is 2.16. The zero-order valence-corrected chi connectivity index (χ0v) is 26.7. The molecule has 0 N–H and O–H groups in total. The van der Waals surface area contributed by atoms with Crippen molar-refractivity contribution in [3.8, 4) is 0 Å². The zero-order chi connectivity index (χ0) is 17.7. The molecule has 0 aromatic carbocycles. The van der Waals surface area contributed by atoms with Gasteiger partial charge < -0.3 is 0 Å². The van der Waals surface area contributed by atoms with Crippen LogP contribution >= 0.6 is 94.1 Å². The first kappa shape index (κ1) is 21.4. The summed E-state index contributed by atoms with van der Waals surface area (Å²) in [6, 6.07) is 0. The Kier molecular flexibility index (Phi) is 7.91. The van der Waals surface area contributed by atoms with Crippen molar-refractivity contribution in [1.29, 1.82) is 0 Å². The molecule has 0 radical (unpaired) electrons. The second-order valence-electron chi connectivity index (χ2n) is 4.80. The average molecular weight is 751 g/mol. The van der Waals surface area contributed by atoms with Gasteiger partial charge in [-0.2, -0.15) is 0 Å². The average Bonchev–Trinajstić information content (AvgIpc) is 3.39. The standard InChI is InChI=1S/C14H10S8Se4/c1-15-9-10(16-2)24-13(23-9)14-25-11-12(26-14)22-8(21-11)7-19-5-6(20-7)18-4-3-17-5/h3-4H2,1-2H3. The van der Waals surface area contributed by atoms with Gasteiger partial charge >= 0.3 is 217 Å². The summed E-state index contributed by atoms with van der Waals surface area (Å²) >= 11 is 19.1. The molecule has 0 atom stereocenters. The minimum atomic E-state index is 0.635. The van der Waals surface area contributed by atoms with Crippen LogP contribution in [0.3, 0.4) is 0 Å². The van der Waals surface area contributed by atoms with Crippen LogP contribution in [0.5, 0.6) is 0 Å². The monoisotopic (exact) mass is 754 g/mol. The van der Waals surface area contributed by atoms with E-state index in [2.05, 4.69) is 83.1 Å². The van der Waals surface area contributed by atoms with Crippen molar-refractivity contribution in [2.75, 3.05) is 24.0 Å². The Labute approximate surface area is 213 Å². The first-order valence-corrected chi connectivity index (χ1v) is 21.8. The third kappa shape index (κ3) is 4.39. The number of hydrogen-bond donors (Lipinski definition) is 0. The van der Waals surface area contributed by atoms with Crippen LogP contribution in [0.4, 0.5) is 0 Å². The van der Waals surface area contributed by atoms with Crippen molar-refractivity contribution in [2.45, 2.75) is 0 Å². The molecule has 0 saturated heterocycles. The molecule has 0 aliphatic carbocycles. The summed E-state index contributed by atoms with van der Waals surface area (Å²) in [6.45, 7) is 0. The maximum atomic E-state index is 2.27. The molecule has 0 bridgehead atoms. The quantitative estimate of drug-likeness (QED) is 0.330. The van der Waals surface area contributed by atoms with Gasteiger partial charge in [-0.15, -0.1) is 0 Å². The van der Waals surface area contributed by atoms with Gasteiger partial charge in [0.05, 0.1) is 0 Å². The van der Waals surface area contributed by atoms with Gasteiger partial charge in [0.2, 0.25) is 0 Å². The van der Waals surface area contributed by atoms with E-state index in [0.29, 0.717) is 59.8 Å². The third-order valence-electron chi connectivity index (χ3n) is 3.24. The Hall–Kier alpha value is 3.58. The van der Waals surface area contributed by atoms with Crippen LogP contribution < -0.4 is 0 Å². The Bertz CT molecular complexity index is 732. The van der Waals surface area contributed by atoms with Crippen LogP contribution in [-0.2, 0) is 0 Å². The number of thioether (sulfide) groups is 8. The molecular formula is C14H10S8Se4. The summed E-state index contributed by atoms with van der Waals surface area (Å²) in [6.07, 6.45) is 4.54. The summed E-state index contributed by atoms with van der Waals surface area (Å²) in [4.78, 5) is 0. The van der Waals surface area contributed by atoms with E-state index in [4.69, 9.17) is 0 Å². The predicted octanol–water partition coefficient (Wildman–Crippen LogP) is 5.63. The summed E-state index contributed by atoms with van der Waals surface area (Å²) in [7, 11) is 0. The van der Waals surface area contributed by atoms with Crippen molar-refractivity contribution in [1.82, 2.24) is 0 Å². The van der Waals surface area contributed by atoms with E-state index < -0.39 is 0 Å². The summed E-state index contributed by atoms with van der Waals surface area (Å²) in [5, 5.41) is 0. The molecule has 0 aromatic rings. The van der Waals surface area contributed by atoms with E-state index in [-0.39, 0.29) is 0 Å². The van der Waals surface area contributed by atoms with Crippen molar-refractivity contribution in [3.63, 3.8) is 0 Å². The molecule has 26 heavy (non-hydrogen) atoms. The van der Waals surface area contributed by atoms with Crippen LogP contribution in [-0.4, -0.2) is 83.8 Å². The van der Waals surface area contributed by atoms with Gasteiger partial charge in [-0.25, -0.2) is 0 Å². The van der Waals surface area contributed by atoms with Gasteiger partial charge in [-0.05, 0) is 0 Å². The maximum absolute atomic E-state index is 2.27. The summed E-state index contributed by atoms with van der Waals surface area (Å²) in [5.74, 6) is 2.57. The molecule has 5 aliphatic heterocycles. The normalized spacial score (nSPS) is 26.1. The molecule has 12 heteroatoms. The molecule has 5 rings (SSSR count). The molecule has 0 spiro atoms. The van der Waals surface area contributed by atoms with Crippen molar-refractivity contribution in [2.24, 2.45) is 0 Å². The number of rotatable bonds is 2. The van der Waals surface area contributed by atoms with E-state index in [1.54, 1.807) is 32.2 Å². The van der Waals surface area contributed by atoms with Crippen molar-refractivity contribution < 1.29 is 0 Å². The third-order valence-corrected chi connectivity index (χ3v) is 33.2. The van der Waals surface area contributed by atoms with Gasteiger partial charge in [0.25, 0.3) is 0 Å². The fourth-order valence-corrected chi connectivity index (χ4v) is 34.4. The first-order chi connectivity index (χ1) is 12.7. The van der Waals surface area contributed by atoms with E-state index in [0.717, 1.165) is 0 Å². The summed E-state index contributed by atoms with van der Waals surface area (Å²) in [5.41, 5.74) is 0. The van der Waals surface area contributed by atoms with Crippen LogP contribution in [0.1, 0.15) is 0 Å². The van der Waals surface area contributed by atoms with Crippen LogP contribution in [0.2, 0.25) is 0 Å². The van der Waals surface area contributed by atoms with Crippen LogP contribution in [0.25, 0.3) is 0 Å². The van der Waals surface area contributed by atoms with E-state index in [9.17, 15) is 0 Å². The molecule has 0 fully saturated rings. The molecule has 0 amide bonds. The molecule has 0 aromatic heterocycles. The second-order valence-corrected chi connectivity index (χ2v) is 27.3. The molecule has 138 valence electrons. The molecular weight excluding hydrogens is 741 g/mol. The summed E-state index contributed by atoms with van der Waals surface area (Å²) < 4.78 is 17.1. The Balaban J connectivity index is 1.27. The number of hydrogen-bond acceptors (Lipinski definition) is 8. The van der Waals surface area contributed by atoms with Crippen molar-refractivity contribution >= 4 is 154 Å². The Morgan fingerprint density at radius 2 is 1.08 bits per heavy atom. The van der Waals surface area contributed by atoms with E-state index in [1.165, 1.54) is 11.5 Å². The topological polar surface area (TPSA) is 0 Å². The predicted molar refractivity (Wildman–Crippen MR) is 140 cm³/mol. The second kappa shape index (κ2) is 9.60. The van der Waals surface area contributed by atoms with Crippen LogP contribution in [0.15, 0.2) is 38.9 Å². The van der Waals surface area contributed by atoms with Crippen molar-refractivity contribution in [3.05, 3.63) is 38.9 Å². The Morgan fingerprint density at radius 1 is 0.615 bits per heavy atom. The molecule has 0 unspecified atom stereocenters. The van der Waals surface area contributed by atoms with E-state index >= 15 is 0 Å². The van der Waals surface area contributed by atoms with Gasteiger partial charge in [0.1, 0.15) is 0 Å². The van der Waals surface area contributed by atoms with Gasteiger partial charge in [-0.1, -0.05) is 0 Å². The fraction of sp³-hybridized carbons (Fsp3) is 0.286.